The summed E-state index contributed by atoms with van der Waals surface area (Å²) in [4.78, 5) is 57.0. The van der Waals surface area contributed by atoms with Gasteiger partial charge in [-0.15, -0.1) is 29.5 Å². The molecule has 13 heteroatoms. The van der Waals surface area contributed by atoms with Crippen molar-refractivity contribution in [1.82, 2.24) is 15.2 Å². The number of carboxylic acids is 1. The molecule has 2 atom stereocenters. The standard InChI is InChI=1S/C16H13N5O6S2/c1-3-7-4-28-14-10(13(24)21(14)11(7)15(25)26)19-12(23)9(20-27-2)8-5-29-16(18-8)17-6-22/h1,5-6,10,14H,4H2,2H3,(H,19,23)(H,25,26)(H,17,18,22)/b20-9+/t10?,14-/m1/s1. The molecule has 0 bridgehead atoms. The number of carbonyl (C=O) groups is 4. The van der Waals surface area contributed by atoms with Crippen LogP contribution in [0.25, 0.3) is 0 Å². The van der Waals surface area contributed by atoms with Crippen LogP contribution in [-0.4, -0.2) is 69.2 Å². The van der Waals surface area contributed by atoms with Gasteiger partial charge in [0, 0.05) is 16.7 Å². The van der Waals surface area contributed by atoms with Gasteiger partial charge in [0.05, 0.1) is 0 Å². The summed E-state index contributed by atoms with van der Waals surface area (Å²) in [6.45, 7) is 0. The zero-order valence-electron chi connectivity index (χ0n) is 14.7. The van der Waals surface area contributed by atoms with E-state index in [0.29, 0.717) is 6.41 Å². The van der Waals surface area contributed by atoms with Crippen LogP contribution in [0.15, 0.2) is 21.8 Å². The second-order valence-electron chi connectivity index (χ2n) is 5.56. The molecule has 1 saturated heterocycles. The first-order chi connectivity index (χ1) is 13.9. The van der Waals surface area contributed by atoms with E-state index in [1.807, 2.05) is 0 Å². The van der Waals surface area contributed by atoms with Crippen molar-refractivity contribution in [3.63, 3.8) is 0 Å². The Kier molecular flexibility index (Phi) is 5.85. The number of aliphatic carboxylic acids is 1. The summed E-state index contributed by atoms with van der Waals surface area (Å²) < 4.78 is 0. The molecule has 1 aromatic rings. The molecule has 3 N–H and O–H groups in total. The highest BCUT2D eigenvalue weighted by atomic mass is 32.2. The van der Waals surface area contributed by atoms with Gasteiger partial charge in [-0.05, 0) is 0 Å². The Balaban J connectivity index is 1.78. The van der Waals surface area contributed by atoms with Gasteiger partial charge in [-0.3, -0.25) is 19.3 Å². The summed E-state index contributed by atoms with van der Waals surface area (Å²) in [5.41, 5.74) is -0.106. The van der Waals surface area contributed by atoms with Crippen LogP contribution in [0.4, 0.5) is 5.13 Å². The minimum Gasteiger partial charge on any atom is -0.477 e. The van der Waals surface area contributed by atoms with Gasteiger partial charge >= 0.3 is 5.97 Å². The maximum atomic E-state index is 12.7. The lowest BCUT2D eigenvalue weighted by Crippen LogP contribution is -2.71. The van der Waals surface area contributed by atoms with E-state index < -0.39 is 29.2 Å². The predicted octanol–water partition coefficient (Wildman–Crippen LogP) is -0.566. The molecule has 2 aliphatic rings. The number of hydrogen-bond donors (Lipinski definition) is 3. The number of thioether (sulfide) groups is 1. The summed E-state index contributed by atoms with van der Waals surface area (Å²) >= 11 is 2.32. The average molecular weight is 435 g/mol. The van der Waals surface area contributed by atoms with Crippen LogP contribution in [0.1, 0.15) is 5.69 Å². The first-order valence-corrected chi connectivity index (χ1v) is 9.81. The van der Waals surface area contributed by atoms with Gasteiger partial charge in [0.2, 0.25) is 6.41 Å². The first kappa shape index (κ1) is 20.4. The lowest BCUT2D eigenvalue weighted by molar-refractivity contribution is -0.150. The van der Waals surface area contributed by atoms with E-state index in [2.05, 4.69) is 31.5 Å². The van der Waals surface area contributed by atoms with Crippen LogP contribution in [-0.2, 0) is 24.0 Å². The third kappa shape index (κ3) is 3.67. The van der Waals surface area contributed by atoms with Crippen molar-refractivity contribution in [1.29, 1.82) is 0 Å². The molecule has 2 aliphatic heterocycles. The Morgan fingerprint density at radius 1 is 1.55 bits per heavy atom. The number of hydrogen-bond acceptors (Lipinski definition) is 9. The maximum Gasteiger partial charge on any atom is 0.353 e. The molecular weight excluding hydrogens is 422 g/mol. The van der Waals surface area contributed by atoms with Gasteiger partial charge in [-0.2, -0.15) is 0 Å². The van der Waals surface area contributed by atoms with E-state index >= 15 is 0 Å². The van der Waals surface area contributed by atoms with E-state index in [9.17, 15) is 24.3 Å². The number of β-lactam (4-membered cyclic amide) rings is 1. The van der Waals surface area contributed by atoms with Crippen LogP contribution in [0.2, 0.25) is 0 Å². The van der Waals surface area contributed by atoms with Crippen LogP contribution in [0, 0.1) is 12.3 Å². The van der Waals surface area contributed by atoms with Crippen molar-refractivity contribution < 1.29 is 29.1 Å². The van der Waals surface area contributed by atoms with E-state index in [1.165, 1.54) is 24.3 Å². The molecule has 3 rings (SSSR count). The highest BCUT2D eigenvalue weighted by molar-refractivity contribution is 8.00. The number of thiazole rings is 1. The molecule has 1 fully saturated rings. The van der Waals surface area contributed by atoms with Crippen molar-refractivity contribution in [3.8, 4) is 12.3 Å². The first-order valence-electron chi connectivity index (χ1n) is 7.88. The molecule has 11 nitrogen and oxygen atoms in total. The van der Waals surface area contributed by atoms with E-state index in [1.54, 1.807) is 0 Å². The fraction of sp³-hybridized carbons (Fsp3) is 0.250. The lowest BCUT2D eigenvalue weighted by atomic mass is 10.0. The molecule has 3 heterocycles. The van der Waals surface area contributed by atoms with Gasteiger partial charge < -0.3 is 20.6 Å². The normalized spacial score (nSPS) is 20.9. The van der Waals surface area contributed by atoms with Gasteiger partial charge in [-0.1, -0.05) is 11.1 Å². The largest absolute Gasteiger partial charge is 0.477 e. The number of anilines is 1. The highest BCUT2D eigenvalue weighted by Crippen LogP contribution is 2.40. The van der Waals surface area contributed by atoms with Crippen LogP contribution in [0.3, 0.4) is 0 Å². The Bertz CT molecular complexity index is 994. The van der Waals surface area contributed by atoms with Gasteiger partial charge in [0.15, 0.2) is 10.8 Å². The van der Waals surface area contributed by atoms with Gasteiger partial charge in [0.1, 0.15) is 29.9 Å². The second-order valence-corrected chi connectivity index (χ2v) is 7.52. The Morgan fingerprint density at radius 3 is 2.93 bits per heavy atom. The zero-order valence-corrected chi connectivity index (χ0v) is 16.4. The molecule has 150 valence electrons. The van der Waals surface area contributed by atoms with E-state index in [4.69, 9.17) is 6.42 Å². The summed E-state index contributed by atoms with van der Waals surface area (Å²) in [5, 5.41) is 19.0. The van der Waals surface area contributed by atoms with Crippen LogP contribution < -0.4 is 10.6 Å². The molecule has 0 spiro atoms. The number of aromatic nitrogens is 1. The van der Waals surface area contributed by atoms with Crippen molar-refractivity contribution >= 4 is 58.1 Å². The third-order valence-electron chi connectivity index (χ3n) is 3.96. The predicted molar refractivity (Wildman–Crippen MR) is 104 cm³/mol. The smallest absolute Gasteiger partial charge is 0.353 e. The molecule has 0 saturated carbocycles. The number of fused-ring (bicyclic) bond motifs is 1. The number of rotatable bonds is 7. The van der Waals surface area contributed by atoms with Crippen molar-refractivity contribution in [2.45, 2.75) is 11.4 Å². The summed E-state index contributed by atoms with van der Waals surface area (Å²) in [5.74, 6) is -0.126. The number of oxime groups is 1. The average Bonchev–Trinajstić information content (AvgIpc) is 3.17. The topological polar surface area (TPSA) is 150 Å². The molecule has 0 aromatic carbocycles. The summed E-state index contributed by atoms with van der Waals surface area (Å²) in [6, 6.07) is -0.963. The number of carboxylic acid groups (broad SMARTS) is 1. The van der Waals surface area contributed by atoms with Crippen molar-refractivity contribution in [2.24, 2.45) is 5.16 Å². The molecule has 0 radical (unpaired) electrons. The van der Waals surface area contributed by atoms with E-state index in [0.717, 1.165) is 16.2 Å². The van der Waals surface area contributed by atoms with Crippen LogP contribution >= 0.6 is 23.1 Å². The molecule has 3 amide bonds. The lowest BCUT2D eigenvalue weighted by Gasteiger charge is -2.48. The summed E-state index contributed by atoms with van der Waals surface area (Å²) in [6.07, 6.45) is 5.77. The SMILES string of the molecule is C#CC1=C(C(=O)O)N2C(=O)C(NC(=O)/C(=N/OC)c3csc(NC=O)n3)[C@H]2SC1. The molecular formula is C16H13N5O6S2. The third-order valence-corrected chi connectivity index (χ3v) is 6.01. The Hall–Kier alpha value is -3.37. The Morgan fingerprint density at radius 2 is 2.31 bits per heavy atom. The fourth-order valence-corrected chi connectivity index (χ4v) is 4.68. The van der Waals surface area contributed by atoms with Gasteiger partial charge in [-0.25, -0.2) is 9.78 Å². The van der Waals surface area contributed by atoms with Crippen LogP contribution in [0.5, 0.6) is 0 Å². The van der Waals surface area contributed by atoms with E-state index in [-0.39, 0.29) is 33.6 Å². The number of nitrogens with zero attached hydrogens (tertiary/aromatic N) is 3. The Labute approximate surface area is 172 Å². The highest BCUT2D eigenvalue weighted by Gasteiger charge is 2.54. The number of amides is 3. The number of carbonyl (C=O) groups excluding carboxylic acids is 3. The maximum absolute atomic E-state index is 12.7. The quantitative estimate of drug-likeness (QED) is 0.169. The molecule has 0 aliphatic carbocycles. The minimum atomic E-state index is -1.30. The number of terminal acetylenes is 1. The number of nitrogens with one attached hydrogen (secondary N) is 2. The van der Waals surface area contributed by atoms with Crippen molar-refractivity contribution in [3.05, 3.63) is 22.3 Å². The molecule has 1 aromatic heterocycles. The zero-order chi connectivity index (χ0) is 21.1. The monoisotopic (exact) mass is 435 g/mol. The fourth-order valence-electron chi connectivity index (χ4n) is 2.73. The minimum absolute atomic E-state index is 0.138. The van der Waals surface area contributed by atoms with Crippen molar-refractivity contribution in [2.75, 3.05) is 18.2 Å². The molecule has 29 heavy (non-hydrogen) atoms. The van der Waals surface area contributed by atoms with Gasteiger partial charge in [0.25, 0.3) is 11.8 Å². The summed E-state index contributed by atoms with van der Waals surface area (Å²) in [7, 11) is 1.24. The molecule has 1 unspecified atom stereocenters. The second kappa shape index (κ2) is 8.33.